The number of aryl methyl sites for hydroxylation is 1. The van der Waals surface area contributed by atoms with Gasteiger partial charge in [-0.2, -0.15) is 0 Å². The third-order valence-corrected chi connectivity index (χ3v) is 2.43. The van der Waals surface area contributed by atoms with Gasteiger partial charge in [0, 0.05) is 24.1 Å². The fraction of sp³-hybridized carbons (Fsp3) is 0.444. The Morgan fingerprint density at radius 2 is 2.15 bits per heavy atom. The van der Waals surface area contributed by atoms with Crippen LogP contribution < -0.4 is 10.6 Å². The van der Waals surface area contributed by atoms with Gasteiger partial charge in [-0.1, -0.05) is 15.9 Å². The number of hydrogen-bond donors (Lipinski definition) is 2. The van der Waals surface area contributed by atoms with E-state index in [0.717, 1.165) is 42.0 Å². The van der Waals surface area contributed by atoms with Crippen molar-refractivity contribution in [1.29, 1.82) is 0 Å². The van der Waals surface area contributed by atoms with E-state index < -0.39 is 0 Å². The highest BCUT2D eigenvalue weighted by Gasteiger charge is 2.08. The first-order valence-electron chi connectivity index (χ1n) is 4.44. The summed E-state index contributed by atoms with van der Waals surface area (Å²) >= 11 is 3.41. The molecule has 1 aromatic rings. The van der Waals surface area contributed by atoms with Crippen molar-refractivity contribution in [1.82, 2.24) is 4.98 Å². The maximum Gasteiger partial charge on any atom is 0.149 e. The number of fused-ring (bicyclic) bond motifs is 1. The van der Waals surface area contributed by atoms with Crippen LogP contribution in [0.2, 0.25) is 0 Å². The molecule has 1 aliphatic rings. The number of alkyl halides is 1. The Balaban J connectivity index is 2.24. The molecule has 1 aromatic heterocycles. The zero-order valence-corrected chi connectivity index (χ0v) is 8.89. The number of nitrogens with zero attached hydrogens (tertiary/aromatic N) is 1. The Labute approximate surface area is 86.1 Å². The summed E-state index contributed by atoms with van der Waals surface area (Å²) in [6.07, 6.45) is 0.981. The average molecular weight is 242 g/mol. The summed E-state index contributed by atoms with van der Waals surface area (Å²) in [6, 6.07) is 4.16. The van der Waals surface area contributed by atoms with Crippen LogP contribution in [0.1, 0.15) is 5.69 Å². The molecule has 13 heavy (non-hydrogen) atoms. The lowest BCUT2D eigenvalue weighted by Gasteiger charge is -2.19. The molecule has 0 saturated carbocycles. The largest absolute Gasteiger partial charge is 0.380 e. The molecule has 2 N–H and O–H groups in total. The molecule has 0 unspecified atom stereocenters. The van der Waals surface area contributed by atoms with Crippen LogP contribution in [0.25, 0.3) is 0 Å². The topological polar surface area (TPSA) is 37.0 Å². The van der Waals surface area contributed by atoms with Gasteiger partial charge in [0.15, 0.2) is 0 Å². The van der Waals surface area contributed by atoms with Crippen molar-refractivity contribution < 1.29 is 0 Å². The van der Waals surface area contributed by atoms with Gasteiger partial charge in [-0.15, -0.1) is 0 Å². The molecule has 0 fully saturated rings. The maximum absolute atomic E-state index is 4.50. The molecule has 0 atom stereocenters. The second kappa shape index (κ2) is 3.96. The minimum Gasteiger partial charge on any atom is -0.380 e. The smallest absolute Gasteiger partial charge is 0.149 e. The van der Waals surface area contributed by atoms with Gasteiger partial charge in [0.1, 0.15) is 5.82 Å². The normalized spacial score (nSPS) is 14.2. The summed E-state index contributed by atoms with van der Waals surface area (Å²) in [6.45, 7) is 1.93. The summed E-state index contributed by atoms with van der Waals surface area (Å²) in [7, 11) is 0. The minimum absolute atomic E-state index is 0.956. The molecule has 0 aliphatic carbocycles. The van der Waals surface area contributed by atoms with E-state index in [-0.39, 0.29) is 0 Å². The fourth-order valence-electron chi connectivity index (χ4n) is 1.39. The lowest BCUT2D eigenvalue weighted by molar-refractivity contribution is 0.983. The monoisotopic (exact) mass is 241 g/mol. The SMILES string of the molecule is BrCCc1ccc2c(n1)NCCN2. The van der Waals surface area contributed by atoms with Crippen molar-refractivity contribution in [3.8, 4) is 0 Å². The highest BCUT2D eigenvalue weighted by Crippen LogP contribution is 2.21. The first-order valence-corrected chi connectivity index (χ1v) is 5.56. The second-order valence-corrected chi connectivity index (χ2v) is 3.78. The molecular formula is C9H12BrN3. The molecule has 0 bridgehead atoms. The Bertz CT molecular complexity index is 301. The van der Waals surface area contributed by atoms with E-state index in [2.05, 4.69) is 43.7 Å². The first-order chi connectivity index (χ1) is 6.40. The van der Waals surface area contributed by atoms with Gasteiger partial charge in [-0.25, -0.2) is 4.98 Å². The molecule has 2 rings (SSSR count). The van der Waals surface area contributed by atoms with Crippen molar-refractivity contribution in [3.05, 3.63) is 17.8 Å². The summed E-state index contributed by atoms with van der Waals surface area (Å²) in [5.74, 6) is 0.990. The lowest BCUT2D eigenvalue weighted by atomic mass is 10.2. The number of pyridine rings is 1. The standard InChI is InChI=1S/C9H12BrN3/c10-4-3-7-1-2-8-9(13-7)12-6-5-11-8/h1-2,11H,3-6H2,(H,12,13). The molecule has 3 nitrogen and oxygen atoms in total. The summed E-state index contributed by atoms with van der Waals surface area (Å²) in [5.41, 5.74) is 2.25. The molecule has 0 saturated heterocycles. The van der Waals surface area contributed by atoms with Crippen LogP contribution in [0.3, 0.4) is 0 Å². The van der Waals surface area contributed by atoms with Gasteiger partial charge in [-0.3, -0.25) is 0 Å². The van der Waals surface area contributed by atoms with Crippen LogP contribution in [0.4, 0.5) is 11.5 Å². The van der Waals surface area contributed by atoms with E-state index in [1.807, 2.05) is 0 Å². The van der Waals surface area contributed by atoms with E-state index in [0.29, 0.717) is 0 Å². The van der Waals surface area contributed by atoms with Crippen LogP contribution in [0, 0.1) is 0 Å². The van der Waals surface area contributed by atoms with Crippen LogP contribution in [0.5, 0.6) is 0 Å². The van der Waals surface area contributed by atoms with Gasteiger partial charge in [0.05, 0.1) is 5.69 Å². The van der Waals surface area contributed by atoms with E-state index in [1.54, 1.807) is 0 Å². The minimum atomic E-state index is 0.956. The van der Waals surface area contributed by atoms with Crippen LogP contribution >= 0.6 is 15.9 Å². The number of rotatable bonds is 2. The number of halogens is 1. The number of hydrogen-bond acceptors (Lipinski definition) is 3. The predicted octanol–water partition coefficient (Wildman–Crippen LogP) is 1.86. The zero-order valence-electron chi connectivity index (χ0n) is 7.31. The molecule has 0 amide bonds. The van der Waals surface area contributed by atoms with E-state index in [9.17, 15) is 0 Å². The maximum atomic E-state index is 4.50. The first kappa shape index (κ1) is 8.81. The predicted molar refractivity (Wildman–Crippen MR) is 58.7 cm³/mol. The Morgan fingerprint density at radius 1 is 1.31 bits per heavy atom. The molecule has 70 valence electrons. The van der Waals surface area contributed by atoms with Crippen molar-refractivity contribution in [2.45, 2.75) is 6.42 Å². The number of nitrogens with one attached hydrogen (secondary N) is 2. The Kier molecular flexibility index (Phi) is 2.68. The third-order valence-electron chi connectivity index (χ3n) is 2.04. The van der Waals surface area contributed by atoms with Crippen LogP contribution in [0.15, 0.2) is 12.1 Å². The Hall–Kier alpha value is -0.770. The number of anilines is 2. The van der Waals surface area contributed by atoms with Gasteiger partial charge in [0.2, 0.25) is 0 Å². The summed E-state index contributed by atoms with van der Waals surface area (Å²) in [4.78, 5) is 4.50. The average Bonchev–Trinajstić information content (AvgIpc) is 2.18. The third kappa shape index (κ3) is 1.94. The van der Waals surface area contributed by atoms with Gasteiger partial charge in [0.25, 0.3) is 0 Å². The zero-order chi connectivity index (χ0) is 9.10. The van der Waals surface area contributed by atoms with Crippen molar-refractivity contribution >= 4 is 27.4 Å². The molecular weight excluding hydrogens is 230 g/mol. The lowest BCUT2D eigenvalue weighted by Crippen LogP contribution is -2.21. The van der Waals surface area contributed by atoms with Gasteiger partial charge in [-0.05, 0) is 18.6 Å². The van der Waals surface area contributed by atoms with Gasteiger partial charge < -0.3 is 10.6 Å². The van der Waals surface area contributed by atoms with E-state index in [1.165, 1.54) is 0 Å². The fourth-order valence-corrected chi connectivity index (χ4v) is 1.80. The molecule has 4 heteroatoms. The Morgan fingerprint density at radius 3 is 3.00 bits per heavy atom. The highest BCUT2D eigenvalue weighted by molar-refractivity contribution is 9.09. The van der Waals surface area contributed by atoms with Crippen LogP contribution in [-0.4, -0.2) is 23.4 Å². The quantitative estimate of drug-likeness (QED) is 0.777. The second-order valence-electron chi connectivity index (χ2n) is 2.99. The molecule has 0 spiro atoms. The summed E-state index contributed by atoms with van der Waals surface area (Å²) < 4.78 is 0. The molecule has 1 aliphatic heterocycles. The number of aromatic nitrogens is 1. The summed E-state index contributed by atoms with van der Waals surface area (Å²) in [5, 5.41) is 7.53. The molecule has 2 heterocycles. The van der Waals surface area contributed by atoms with Crippen molar-refractivity contribution in [2.75, 3.05) is 29.1 Å². The van der Waals surface area contributed by atoms with Gasteiger partial charge >= 0.3 is 0 Å². The highest BCUT2D eigenvalue weighted by atomic mass is 79.9. The van der Waals surface area contributed by atoms with E-state index >= 15 is 0 Å². The van der Waals surface area contributed by atoms with Crippen molar-refractivity contribution in [3.63, 3.8) is 0 Å². The van der Waals surface area contributed by atoms with Crippen LogP contribution in [-0.2, 0) is 6.42 Å². The van der Waals surface area contributed by atoms with Crippen molar-refractivity contribution in [2.24, 2.45) is 0 Å². The molecule has 0 aromatic carbocycles. The molecule has 0 radical (unpaired) electrons. The van der Waals surface area contributed by atoms with E-state index in [4.69, 9.17) is 0 Å².